The maximum absolute atomic E-state index is 15.4. The number of nitrogens with two attached hydrogens (primary N) is 1. The van der Waals surface area contributed by atoms with Gasteiger partial charge in [-0.1, -0.05) is 79.8 Å². The van der Waals surface area contributed by atoms with Crippen molar-refractivity contribution in [3.63, 3.8) is 0 Å². The van der Waals surface area contributed by atoms with Crippen molar-refractivity contribution in [2.24, 2.45) is 5.92 Å². The Morgan fingerprint density at radius 1 is 0.967 bits per heavy atom. The highest BCUT2D eigenvalue weighted by Crippen LogP contribution is 2.60. The van der Waals surface area contributed by atoms with E-state index in [1.807, 2.05) is 67.6 Å². The maximum Gasteiger partial charge on any atom is 0.269 e. The van der Waals surface area contributed by atoms with Crippen LogP contribution < -0.4 is 25.9 Å². The van der Waals surface area contributed by atoms with Crippen LogP contribution in [0.5, 0.6) is 5.75 Å². The normalized spacial score (nSPS) is 19.6. The Balaban J connectivity index is 1.27. The molecule has 3 amide bonds. The lowest BCUT2D eigenvalue weighted by molar-refractivity contribution is -0.385. The predicted molar refractivity (Wildman–Crippen MR) is 233 cm³/mol. The van der Waals surface area contributed by atoms with Crippen LogP contribution in [0.25, 0.3) is 0 Å². The molecule has 5 aromatic carbocycles. The van der Waals surface area contributed by atoms with Gasteiger partial charge in [-0.25, -0.2) is 0 Å². The number of hydrogen-bond acceptors (Lipinski definition) is 9. The van der Waals surface area contributed by atoms with Gasteiger partial charge in [0.05, 0.1) is 51.5 Å². The van der Waals surface area contributed by atoms with Crippen LogP contribution in [0.4, 0.5) is 22.7 Å². The number of benzene rings is 5. The van der Waals surface area contributed by atoms with Crippen LogP contribution in [0.2, 0.25) is 18.6 Å². The van der Waals surface area contributed by atoms with E-state index in [1.165, 1.54) is 12.1 Å². The molecule has 0 aliphatic carbocycles. The number of amides is 3. The van der Waals surface area contributed by atoms with E-state index in [9.17, 15) is 24.8 Å². The molecule has 0 aromatic heterocycles. The van der Waals surface area contributed by atoms with Crippen LogP contribution >= 0.6 is 0 Å². The monoisotopic (exact) mass is 827 g/mol. The van der Waals surface area contributed by atoms with Gasteiger partial charge in [-0.2, -0.15) is 0 Å². The molecule has 4 atom stereocenters. The summed E-state index contributed by atoms with van der Waals surface area (Å²) in [5.74, 6) is -0.808. The van der Waals surface area contributed by atoms with Crippen LogP contribution in [0.15, 0.2) is 121 Å². The standard InChI is InChI=1S/C46H49N5O8Si/c1-30-43(60(3,4)38-20-18-37(58-2)19-21-38)41(27-42(53)49(23-24-52)28-31-9-6-5-7-10-31)59-46(30)39-26-36(51(56)57)17-22-40(39)50(45(46)55)29-32-11-8-12-35(25-32)48-44(54)33-13-15-34(47)16-14-33/h5-22,25-26,30,41,43,52H,23-24,27-29,47H2,1-4H3,(H,48,54)/t30-,41+,43-,46+/m1/s1. The van der Waals surface area contributed by atoms with Crippen molar-refractivity contribution in [1.29, 1.82) is 0 Å². The molecule has 1 spiro atoms. The molecule has 0 saturated carbocycles. The van der Waals surface area contributed by atoms with Crippen molar-refractivity contribution in [1.82, 2.24) is 4.90 Å². The second-order valence-corrected chi connectivity index (χ2v) is 20.7. The Morgan fingerprint density at radius 3 is 2.33 bits per heavy atom. The van der Waals surface area contributed by atoms with Gasteiger partial charge in [-0.15, -0.1) is 0 Å². The Hall–Kier alpha value is -6.35. The highest BCUT2D eigenvalue weighted by molar-refractivity contribution is 6.91. The van der Waals surface area contributed by atoms with Crippen molar-refractivity contribution in [3.05, 3.63) is 154 Å². The van der Waals surface area contributed by atoms with E-state index in [1.54, 1.807) is 65.4 Å². The number of carbonyl (C=O) groups is 3. The van der Waals surface area contributed by atoms with Crippen molar-refractivity contribution in [2.45, 2.75) is 56.8 Å². The summed E-state index contributed by atoms with van der Waals surface area (Å²) >= 11 is 0. The fourth-order valence-corrected chi connectivity index (χ4v) is 13.1. The molecule has 0 unspecified atom stereocenters. The van der Waals surface area contributed by atoms with E-state index in [4.69, 9.17) is 15.2 Å². The number of carbonyl (C=O) groups excluding carboxylic acids is 3. The number of aliphatic hydroxyl groups is 1. The maximum atomic E-state index is 15.4. The number of methoxy groups -OCH3 is 1. The Kier molecular flexibility index (Phi) is 11.9. The molecular weight excluding hydrogens is 779 g/mol. The molecule has 2 aliphatic rings. The Labute approximate surface area is 349 Å². The molecule has 0 radical (unpaired) electrons. The predicted octanol–water partition coefficient (Wildman–Crippen LogP) is 6.61. The fourth-order valence-electron chi connectivity index (χ4n) is 9.06. The lowest BCUT2D eigenvalue weighted by Gasteiger charge is -2.37. The second-order valence-electron chi connectivity index (χ2n) is 16.0. The van der Waals surface area contributed by atoms with Gasteiger partial charge in [-0.05, 0) is 71.3 Å². The number of aliphatic hydroxyl groups excluding tert-OH is 1. The molecule has 2 heterocycles. The molecule has 14 heteroatoms. The van der Waals surface area contributed by atoms with E-state index in [0.717, 1.165) is 10.8 Å². The summed E-state index contributed by atoms with van der Waals surface area (Å²) in [4.78, 5) is 57.9. The zero-order chi connectivity index (χ0) is 42.8. The molecule has 5 aromatic rings. The van der Waals surface area contributed by atoms with Gasteiger partial charge in [0.1, 0.15) is 5.75 Å². The number of non-ortho nitro benzene ring substituents is 1. The molecule has 1 fully saturated rings. The molecule has 310 valence electrons. The lowest BCUT2D eigenvalue weighted by atomic mass is 9.82. The number of nitrogens with one attached hydrogen (secondary N) is 1. The first kappa shape index (κ1) is 41.8. The van der Waals surface area contributed by atoms with Gasteiger partial charge in [-0.3, -0.25) is 24.5 Å². The van der Waals surface area contributed by atoms with Crippen molar-refractivity contribution in [2.75, 3.05) is 36.2 Å². The first-order valence-electron chi connectivity index (χ1n) is 19.9. The summed E-state index contributed by atoms with van der Waals surface area (Å²) < 4.78 is 12.6. The summed E-state index contributed by atoms with van der Waals surface area (Å²) in [6.07, 6.45) is -0.847. The number of hydrogen-bond donors (Lipinski definition) is 3. The number of nitro groups is 1. The average Bonchev–Trinajstić information content (AvgIpc) is 3.66. The van der Waals surface area contributed by atoms with E-state index >= 15 is 4.79 Å². The van der Waals surface area contributed by atoms with Crippen LogP contribution in [0.1, 0.15) is 40.4 Å². The number of ether oxygens (including phenoxy) is 2. The zero-order valence-corrected chi connectivity index (χ0v) is 35.0. The first-order chi connectivity index (χ1) is 28.8. The third kappa shape index (κ3) is 8.00. The van der Waals surface area contributed by atoms with Crippen LogP contribution in [0, 0.1) is 16.0 Å². The van der Waals surface area contributed by atoms with E-state index in [-0.39, 0.29) is 55.7 Å². The van der Waals surface area contributed by atoms with Crippen molar-refractivity contribution < 1.29 is 33.9 Å². The smallest absolute Gasteiger partial charge is 0.269 e. The summed E-state index contributed by atoms with van der Waals surface area (Å²) in [5.41, 5.74) is 7.53. The number of nitro benzene ring substituents is 1. The fraction of sp³-hybridized carbons (Fsp3) is 0.283. The second kappa shape index (κ2) is 17.1. The number of fused-ring (bicyclic) bond motifs is 2. The molecule has 0 bridgehead atoms. The van der Waals surface area contributed by atoms with Gasteiger partial charge in [0.2, 0.25) is 5.91 Å². The minimum Gasteiger partial charge on any atom is -0.497 e. The minimum absolute atomic E-state index is 0.0714. The van der Waals surface area contributed by atoms with E-state index < -0.39 is 36.5 Å². The average molecular weight is 828 g/mol. The van der Waals surface area contributed by atoms with E-state index in [2.05, 4.69) is 18.4 Å². The molecule has 13 nitrogen and oxygen atoms in total. The van der Waals surface area contributed by atoms with Gasteiger partial charge in [0, 0.05) is 53.6 Å². The van der Waals surface area contributed by atoms with Crippen molar-refractivity contribution in [3.8, 4) is 5.75 Å². The lowest BCUT2D eigenvalue weighted by Crippen LogP contribution is -2.52. The highest BCUT2D eigenvalue weighted by atomic mass is 28.3. The summed E-state index contributed by atoms with van der Waals surface area (Å²) in [7, 11) is -1.08. The molecule has 60 heavy (non-hydrogen) atoms. The largest absolute Gasteiger partial charge is 0.497 e. The molecule has 1 saturated heterocycles. The molecule has 7 rings (SSSR count). The SMILES string of the molecule is COc1ccc([Si](C)(C)[C@H]2[C@H](CC(=O)N(CCO)Cc3ccccc3)O[C@@]3(C(=O)N(Cc4cccc(NC(=O)c5ccc(N)cc5)c4)c4ccc([N+](=O)[O-])cc43)[C@@H]2C)cc1. The molecular formula is C46H49N5O8Si. The first-order valence-corrected chi connectivity index (χ1v) is 23.0. The Bertz CT molecular complexity index is 2390. The van der Waals surface area contributed by atoms with Crippen LogP contribution in [-0.4, -0.2) is 67.1 Å². The van der Waals surface area contributed by atoms with E-state index in [0.29, 0.717) is 39.5 Å². The third-order valence-electron chi connectivity index (χ3n) is 12.0. The number of anilines is 3. The van der Waals surface area contributed by atoms with Crippen LogP contribution in [-0.2, 0) is 33.0 Å². The van der Waals surface area contributed by atoms with Gasteiger partial charge in [0.15, 0.2) is 5.60 Å². The number of nitrogen functional groups attached to an aromatic ring is 1. The summed E-state index contributed by atoms with van der Waals surface area (Å²) in [5, 5.41) is 26.3. The zero-order valence-electron chi connectivity index (χ0n) is 34.0. The quantitative estimate of drug-likeness (QED) is 0.0481. The van der Waals surface area contributed by atoms with Crippen LogP contribution in [0.3, 0.4) is 0 Å². The molecule has 2 aliphatic heterocycles. The highest BCUT2D eigenvalue weighted by Gasteiger charge is 2.66. The summed E-state index contributed by atoms with van der Waals surface area (Å²) in [6.45, 7) is 6.56. The number of nitrogens with zero attached hydrogens (tertiary/aromatic N) is 3. The molecule has 4 N–H and O–H groups in total. The number of rotatable bonds is 14. The van der Waals surface area contributed by atoms with Gasteiger partial charge in [0.25, 0.3) is 17.5 Å². The van der Waals surface area contributed by atoms with Gasteiger partial charge >= 0.3 is 0 Å². The Morgan fingerprint density at radius 2 is 1.67 bits per heavy atom. The topological polar surface area (TPSA) is 178 Å². The minimum atomic E-state index is -2.69. The third-order valence-corrected chi connectivity index (χ3v) is 16.4. The van der Waals surface area contributed by atoms with Gasteiger partial charge < -0.3 is 35.4 Å². The summed E-state index contributed by atoms with van der Waals surface area (Å²) in [6, 6.07) is 35.5. The van der Waals surface area contributed by atoms with Crippen molar-refractivity contribution >= 4 is 53.7 Å².